The lowest BCUT2D eigenvalue weighted by molar-refractivity contribution is -0.145. The van der Waals surface area contributed by atoms with Gasteiger partial charge in [0.1, 0.15) is 5.82 Å². The van der Waals surface area contributed by atoms with E-state index in [0.717, 1.165) is 0 Å². The van der Waals surface area contributed by atoms with Crippen LogP contribution in [0.25, 0.3) is 22.3 Å². The fraction of sp³-hybridized carbons (Fsp3) is 0.211. The third kappa shape index (κ3) is 3.51. The number of hydrogen-bond acceptors (Lipinski definition) is 6. The molecule has 0 amide bonds. The number of carbonyl (C=O) groups is 1. The van der Waals surface area contributed by atoms with Crippen LogP contribution in [0.3, 0.4) is 0 Å². The molecule has 0 aliphatic carbocycles. The Hall–Kier alpha value is -3.35. The van der Waals surface area contributed by atoms with Crippen LogP contribution in [0.4, 0.5) is 0 Å². The normalized spacial score (nSPS) is 10.5. The number of aromatic nitrogens is 2. The molecule has 2 aromatic carbocycles. The molecule has 3 rings (SSSR count). The van der Waals surface area contributed by atoms with Crippen molar-refractivity contribution in [1.82, 2.24) is 9.97 Å². The molecule has 0 atom stereocenters. The van der Waals surface area contributed by atoms with E-state index in [-0.39, 0.29) is 18.8 Å². The van der Waals surface area contributed by atoms with Gasteiger partial charge in [0.05, 0.1) is 30.2 Å². The summed E-state index contributed by atoms with van der Waals surface area (Å²) in [7, 11) is 1.49. The highest BCUT2D eigenvalue weighted by atomic mass is 16.6. The summed E-state index contributed by atoms with van der Waals surface area (Å²) in [6.07, 6.45) is 0. The first-order valence-electron chi connectivity index (χ1n) is 8.09. The van der Waals surface area contributed by atoms with E-state index >= 15 is 0 Å². The van der Waals surface area contributed by atoms with E-state index in [4.69, 9.17) is 14.2 Å². The van der Waals surface area contributed by atoms with Crippen LogP contribution < -0.4 is 15.0 Å². The van der Waals surface area contributed by atoms with E-state index in [2.05, 4.69) is 9.97 Å². The first kappa shape index (κ1) is 17.5. The second kappa shape index (κ2) is 7.69. The highest BCUT2D eigenvalue weighted by Crippen LogP contribution is 2.36. The molecule has 1 heterocycles. The second-order valence-electron chi connectivity index (χ2n) is 5.36. The molecule has 3 aromatic rings. The number of benzene rings is 2. The summed E-state index contributed by atoms with van der Waals surface area (Å²) in [5.41, 5.74) is 0.812. The quantitative estimate of drug-likeness (QED) is 0.684. The molecular weight excluding hydrogens is 336 g/mol. The molecule has 134 valence electrons. The maximum absolute atomic E-state index is 12.3. The van der Waals surface area contributed by atoms with Gasteiger partial charge in [-0.25, -0.2) is 9.78 Å². The van der Waals surface area contributed by atoms with Gasteiger partial charge in [-0.2, -0.15) is 0 Å². The topological polar surface area (TPSA) is 90.5 Å². The smallest absolute Gasteiger partial charge is 0.344 e. The molecule has 0 saturated carbocycles. The summed E-state index contributed by atoms with van der Waals surface area (Å²) in [5, 5.41) is 0.494. The van der Waals surface area contributed by atoms with Crippen molar-refractivity contribution >= 4 is 16.9 Å². The Kier molecular flexibility index (Phi) is 5.17. The highest BCUT2D eigenvalue weighted by Gasteiger charge is 2.17. The van der Waals surface area contributed by atoms with Crippen molar-refractivity contribution < 1.29 is 19.0 Å². The van der Waals surface area contributed by atoms with Gasteiger partial charge in [0.15, 0.2) is 18.1 Å². The van der Waals surface area contributed by atoms with E-state index in [1.165, 1.54) is 7.11 Å². The standard InChI is InChI=1S/C19H18N2O5/c1-3-25-16(22)11-26-17-13(8-6-10-15(17)24-2)18-20-14-9-5-4-7-12(14)19(23)21-18/h4-10H,3,11H2,1-2H3,(H,20,21,23). The van der Waals surface area contributed by atoms with Crippen LogP contribution in [0.1, 0.15) is 6.92 Å². The van der Waals surface area contributed by atoms with Gasteiger partial charge in [0.25, 0.3) is 5.56 Å². The van der Waals surface area contributed by atoms with Gasteiger partial charge < -0.3 is 19.2 Å². The fourth-order valence-corrected chi connectivity index (χ4v) is 2.56. The number of hydrogen-bond donors (Lipinski definition) is 1. The zero-order valence-corrected chi connectivity index (χ0v) is 14.4. The molecule has 1 aromatic heterocycles. The van der Waals surface area contributed by atoms with Gasteiger partial charge >= 0.3 is 5.97 Å². The minimum Gasteiger partial charge on any atom is -0.493 e. The molecule has 1 N–H and O–H groups in total. The Balaban J connectivity index is 2.07. The second-order valence-corrected chi connectivity index (χ2v) is 5.36. The molecule has 0 aliphatic rings. The summed E-state index contributed by atoms with van der Waals surface area (Å²) >= 11 is 0. The average molecular weight is 354 g/mol. The summed E-state index contributed by atoms with van der Waals surface area (Å²) in [6, 6.07) is 12.2. The summed E-state index contributed by atoms with van der Waals surface area (Å²) in [4.78, 5) is 31.2. The Morgan fingerprint density at radius 3 is 2.73 bits per heavy atom. The Morgan fingerprint density at radius 1 is 1.15 bits per heavy atom. The van der Waals surface area contributed by atoms with Crippen LogP contribution in [0.2, 0.25) is 0 Å². The first-order valence-corrected chi connectivity index (χ1v) is 8.09. The van der Waals surface area contributed by atoms with Crippen molar-refractivity contribution in [3.8, 4) is 22.9 Å². The van der Waals surface area contributed by atoms with Crippen molar-refractivity contribution in [2.45, 2.75) is 6.92 Å². The van der Waals surface area contributed by atoms with Gasteiger partial charge in [-0.05, 0) is 31.2 Å². The Bertz CT molecular complexity index is 997. The molecule has 0 aliphatic heterocycles. The molecule has 0 bridgehead atoms. The Labute approximate surface area is 149 Å². The third-order valence-corrected chi connectivity index (χ3v) is 3.71. The number of ether oxygens (including phenoxy) is 3. The van der Waals surface area contributed by atoms with E-state index in [1.807, 2.05) is 6.07 Å². The third-order valence-electron chi connectivity index (χ3n) is 3.71. The number of nitrogens with one attached hydrogen (secondary N) is 1. The van der Waals surface area contributed by atoms with Crippen molar-refractivity contribution in [1.29, 1.82) is 0 Å². The number of methoxy groups -OCH3 is 1. The van der Waals surface area contributed by atoms with Gasteiger partial charge in [-0.15, -0.1) is 0 Å². The minimum absolute atomic E-state index is 0.259. The lowest BCUT2D eigenvalue weighted by Crippen LogP contribution is -2.16. The van der Waals surface area contributed by atoms with Crippen LogP contribution in [-0.2, 0) is 9.53 Å². The summed E-state index contributed by atoms with van der Waals surface area (Å²) in [5.74, 6) is 0.555. The number of esters is 1. The summed E-state index contributed by atoms with van der Waals surface area (Å²) in [6.45, 7) is 1.70. The largest absolute Gasteiger partial charge is 0.493 e. The SMILES string of the molecule is CCOC(=O)COc1c(OC)cccc1-c1nc2ccccc2c(=O)[nH]1. The Morgan fingerprint density at radius 2 is 1.96 bits per heavy atom. The van der Waals surface area contributed by atoms with E-state index in [9.17, 15) is 9.59 Å². The van der Waals surface area contributed by atoms with Crippen LogP contribution in [-0.4, -0.2) is 36.3 Å². The van der Waals surface area contributed by atoms with Gasteiger partial charge in [0.2, 0.25) is 0 Å². The van der Waals surface area contributed by atoms with Crippen LogP contribution in [0, 0.1) is 0 Å². The minimum atomic E-state index is -0.496. The van der Waals surface area contributed by atoms with Crippen molar-refractivity contribution in [2.24, 2.45) is 0 Å². The number of nitrogens with zero attached hydrogens (tertiary/aromatic N) is 1. The zero-order valence-electron chi connectivity index (χ0n) is 14.4. The van der Waals surface area contributed by atoms with Crippen LogP contribution in [0.5, 0.6) is 11.5 Å². The molecule has 7 heteroatoms. The monoisotopic (exact) mass is 354 g/mol. The molecule has 0 fully saturated rings. The lowest BCUT2D eigenvalue weighted by atomic mass is 10.1. The number of para-hydroxylation sites is 2. The maximum atomic E-state index is 12.3. The number of aromatic amines is 1. The predicted octanol–water partition coefficient (Wildman–Crippen LogP) is 2.54. The van der Waals surface area contributed by atoms with E-state index in [0.29, 0.717) is 33.8 Å². The van der Waals surface area contributed by atoms with Crippen molar-refractivity contribution in [3.05, 3.63) is 52.8 Å². The van der Waals surface area contributed by atoms with E-state index in [1.54, 1.807) is 43.3 Å². The van der Waals surface area contributed by atoms with Crippen LogP contribution in [0.15, 0.2) is 47.3 Å². The van der Waals surface area contributed by atoms with Gasteiger partial charge in [0, 0.05) is 0 Å². The number of H-pyrrole nitrogens is 1. The van der Waals surface area contributed by atoms with E-state index < -0.39 is 5.97 Å². The predicted molar refractivity (Wildman–Crippen MR) is 96.5 cm³/mol. The van der Waals surface area contributed by atoms with Crippen LogP contribution >= 0.6 is 0 Å². The molecular formula is C19H18N2O5. The molecule has 7 nitrogen and oxygen atoms in total. The molecule has 0 spiro atoms. The molecule has 0 saturated heterocycles. The molecule has 0 radical (unpaired) electrons. The molecule has 26 heavy (non-hydrogen) atoms. The molecule has 0 unspecified atom stereocenters. The average Bonchev–Trinajstić information content (AvgIpc) is 2.66. The fourth-order valence-electron chi connectivity index (χ4n) is 2.56. The summed E-state index contributed by atoms with van der Waals surface area (Å²) < 4.78 is 15.8. The zero-order chi connectivity index (χ0) is 18.5. The van der Waals surface area contributed by atoms with Gasteiger partial charge in [-0.1, -0.05) is 18.2 Å². The number of fused-ring (bicyclic) bond motifs is 1. The van der Waals surface area contributed by atoms with Gasteiger partial charge in [-0.3, -0.25) is 4.79 Å². The number of rotatable bonds is 6. The number of carbonyl (C=O) groups excluding carboxylic acids is 1. The van der Waals surface area contributed by atoms with Crippen molar-refractivity contribution in [3.63, 3.8) is 0 Å². The van der Waals surface area contributed by atoms with Crippen molar-refractivity contribution in [2.75, 3.05) is 20.3 Å². The lowest BCUT2D eigenvalue weighted by Gasteiger charge is -2.14. The maximum Gasteiger partial charge on any atom is 0.344 e. The first-order chi connectivity index (χ1) is 12.6. The highest BCUT2D eigenvalue weighted by molar-refractivity contribution is 5.81.